The van der Waals surface area contributed by atoms with E-state index in [4.69, 9.17) is 21.4 Å². The Morgan fingerprint density at radius 3 is 2.71 bits per heavy atom. The van der Waals surface area contributed by atoms with E-state index in [1.54, 1.807) is 12.1 Å². The molecule has 0 spiro atoms. The molecule has 1 N–H and O–H groups in total. The Balaban J connectivity index is 2.30. The maximum atomic E-state index is 12.1. The van der Waals surface area contributed by atoms with Gasteiger partial charge in [-0.05, 0) is 30.5 Å². The third-order valence-corrected chi connectivity index (χ3v) is 4.49. The van der Waals surface area contributed by atoms with Crippen LogP contribution in [0.3, 0.4) is 0 Å². The standard InChI is InChI=1S/C15H15ClO4S/c1-3-20-12-7-13-9(5-10(12)16)6-14(21-13)11(17)4-8(2)15(18)19/h5-8H,3-4H2,1-2H3,(H,18,19). The summed E-state index contributed by atoms with van der Waals surface area (Å²) >= 11 is 7.44. The van der Waals surface area contributed by atoms with Crippen molar-refractivity contribution in [2.24, 2.45) is 5.92 Å². The van der Waals surface area contributed by atoms with Crippen molar-refractivity contribution in [1.29, 1.82) is 0 Å². The number of benzene rings is 1. The van der Waals surface area contributed by atoms with E-state index in [1.165, 1.54) is 18.3 Å². The minimum atomic E-state index is -0.967. The van der Waals surface area contributed by atoms with Crippen molar-refractivity contribution < 1.29 is 19.4 Å². The lowest BCUT2D eigenvalue weighted by molar-refractivity contribution is -0.141. The Hall–Kier alpha value is -1.59. The van der Waals surface area contributed by atoms with Crippen molar-refractivity contribution in [3.63, 3.8) is 0 Å². The quantitative estimate of drug-likeness (QED) is 0.806. The minimum absolute atomic E-state index is 0.00575. The molecule has 0 aliphatic heterocycles. The molecule has 1 atom stereocenters. The van der Waals surface area contributed by atoms with Gasteiger partial charge in [0.1, 0.15) is 5.75 Å². The number of aliphatic carboxylic acids is 1. The molecule has 21 heavy (non-hydrogen) atoms. The Labute approximate surface area is 131 Å². The van der Waals surface area contributed by atoms with Crippen LogP contribution in [0.5, 0.6) is 5.75 Å². The van der Waals surface area contributed by atoms with Gasteiger partial charge in [-0.3, -0.25) is 9.59 Å². The van der Waals surface area contributed by atoms with Crippen LogP contribution in [-0.2, 0) is 4.79 Å². The largest absolute Gasteiger partial charge is 0.492 e. The van der Waals surface area contributed by atoms with Crippen molar-refractivity contribution in [3.05, 3.63) is 28.1 Å². The van der Waals surface area contributed by atoms with Crippen LogP contribution in [0.4, 0.5) is 0 Å². The van der Waals surface area contributed by atoms with Crippen molar-refractivity contribution in [2.45, 2.75) is 20.3 Å². The molecule has 1 heterocycles. The minimum Gasteiger partial charge on any atom is -0.492 e. The van der Waals surface area contributed by atoms with E-state index in [-0.39, 0.29) is 12.2 Å². The van der Waals surface area contributed by atoms with E-state index < -0.39 is 11.9 Å². The van der Waals surface area contributed by atoms with Gasteiger partial charge in [-0.2, -0.15) is 0 Å². The second-order valence-corrected chi connectivity index (χ2v) is 6.22. The number of fused-ring (bicyclic) bond motifs is 1. The van der Waals surface area contributed by atoms with Gasteiger partial charge < -0.3 is 9.84 Å². The van der Waals surface area contributed by atoms with Crippen LogP contribution in [0.2, 0.25) is 5.02 Å². The highest BCUT2D eigenvalue weighted by Gasteiger charge is 2.19. The van der Waals surface area contributed by atoms with E-state index in [2.05, 4.69) is 0 Å². The van der Waals surface area contributed by atoms with Gasteiger partial charge in [-0.15, -0.1) is 11.3 Å². The zero-order chi connectivity index (χ0) is 15.6. The number of Topliss-reactive ketones (excluding diaryl/α,β-unsaturated/α-hetero) is 1. The number of ether oxygens (including phenoxy) is 1. The van der Waals surface area contributed by atoms with Gasteiger partial charge in [0.15, 0.2) is 5.78 Å². The van der Waals surface area contributed by atoms with Gasteiger partial charge >= 0.3 is 5.97 Å². The van der Waals surface area contributed by atoms with Gasteiger partial charge in [0, 0.05) is 11.1 Å². The summed E-state index contributed by atoms with van der Waals surface area (Å²) in [4.78, 5) is 23.5. The Kier molecular flexibility index (Phi) is 4.85. The highest BCUT2D eigenvalue weighted by Crippen LogP contribution is 2.35. The fourth-order valence-electron chi connectivity index (χ4n) is 1.91. The molecule has 6 heteroatoms. The lowest BCUT2D eigenvalue weighted by atomic mass is 10.0. The van der Waals surface area contributed by atoms with Crippen LogP contribution in [-0.4, -0.2) is 23.5 Å². The predicted molar refractivity (Wildman–Crippen MR) is 83.8 cm³/mol. The first-order valence-electron chi connectivity index (χ1n) is 6.54. The average Bonchev–Trinajstić information content (AvgIpc) is 2.82. The van der Waals surface area contributed by atoms with Gasteiger partial charge in [0.25, 0.3) is 0 Å². The number of carbonyl (C=O) groups is 2. The zero-order valence-corrected chi connectivity index (χ0v) is 13.3. The summed E-state index contributed by atoms with van der Waals surface area (Å²) in [7, 11) is 0. The van der Waals surface area contributed by atoms with Crippen molar-refractivity contribution in [2.75, 3.05) is 6.61 Å². The molecule has 1 unspecified atom stereocenters. The number of carbonyl (C=O) groups excluding carboxylic acids is 1. The van der Waals surface area contributed by atoms with Crippen LogP contribution < -0.4 is 4.74 Å². The molecule has 0 amide bonds. The van der Waals surface area contributed by atoms with Crippen LogP contribution in [0, 0.1) is 5.92 Å². The zero-order valence-electron chi connectivity index (χ0n) is 11.7. The first-order valence-corrected chi connectivity index (χ1v) is 7.73. The molecule has 0 saturated carbocycles. The number of carboxylic acid groups (broad SMARTS) is 1. The molecular weight excluding hydrogens is 312 g/mol. The number of ketones is 1. The maximum Gasteiger partial charge on any atom is 0.306 e. The first-order chi connectivity index (χ1) is 9.92. The molecule has 1 aromatic carbocycles. The van der Waals surface area contributed by atoms with Gasteiger partial charge in [-0.25, -0.2) is 0 Å². The molecule has 112 valence electrons. The van der Waals surface area contributed by atoms with Crippen molar-refractivity contribution in [3.8, 4) is 5.75 Å². The second-order valence-electron chi connectivity index (χ2n) is 4.73. The molecule has 0 aliphatic carbocycles. The molecule has 2 rings (SSSR count). The molecule has 4 nitrogen and oxygen atoms in total. The maximum absolute atomic E-state index is 12.1. The average molecular weight is 327 g/mol. The summed E-state index contributed by atoms with van der Waals surface area (Å²) in [5, 5.41) is 10.2. The lowest BCUT2D eigenvalue weighted by Crippen LogP contribution is -2.13. The summed E-state index contributed by atoms with van der Waals surface area (Å²) in [6, 6.07) is 5.32. The molecular formula is C15H15ClO4S. The number of thiophene rings is 1. The topological polar surface area (TPSA) is 63.6 Å². The smallest absolute Gasteiger partial charge is 0.306 e. The van der Waals surface area contributed by atoms with E-state index in [9.17, 15) is 9.59 Å². The molecule has 0 bridgehead atoms. The monoisotopic (exact) mass is 326 g/mol. The number of rotatable bonds is 6. The molecule has 0 fully saturated rings. The van der Waals surface area contributed by atoms with E-state index in [0.29, 0.717) is 22.3 Å². The number of carboxylic acids is 1. The van der Waals surface area contributed by atoms with E-state index >= 15 is 0 Å². The summed E-state index contributed by atoms with van der Waals surface area (Å²) in [6.45, 7) is 3.91. The van der Waals surface area contributed by atoms with Gasteiger partial charge in [0.05, 0.1) is 22.4 Å². The van der Waals surface area contributed by atoms with Crippen LogP contribution in [0.15, 0.2) is 18.2 Å². The van der Waals surface area contributed by atoms with Gasteiger partial charge in [0.2, 0.25) is 0 Å². The predicted octanol–water partition coefficient (Wildman–Crippen LogP) is 4.25. The normalized spacial score (nSPS) is 12.3. The van der Waals surface area contributed by atoms with Crippen LogP contribution >= 0.6 is 22.9 Å². The second kappa shape index (κ2) is 6.45. The van der Waals surface area contributed by atoms with E-state index in [1.807, 2.05) is 13.0 Å². The Bertz CT molecular complexity index is 692. The summed E-state index contributed by atoms with van der Waals surface area (Å²) < 4.78 is 6.32. The summed E-state index contributed by atoms with van der Waals surface area (Å²) in [6.07, 6.45) is -0.00575. The molecule has 0 aliphatic rings. The van der Waals surface area contributed by atoms with Crippen molar-refractivity contribution in [1.82, 2.24) is 0 Å². The third-order valence-electron chi connectivity index (χ3n) is 3.06. The van der Waals surface area contributed by atoms with Crippen LogP contribution in [0.1, 0.15) is 29.9 Å². The fourth-order valence-corrected chi connectivity index (χ4v) is 3.16. The molecule has 1 aromatic heterocycles. The highest BCUT2D eigenvalue weighted by atomic mass is 35.5. The summed E-state index contributed by atoms with van der Waals surface area (Å²) in [5.74, 6) is -1.23. The molecule has 0 radical (unpaired) electrons. The van der Waals surface area contributed by atoms with Gasteiger partial charge in [-0.1, -0.05) is 18.5 Å². The summed E-state index contributed by atoms with van der Waals surface area (Å²) in [5.41, 5.74) is 0. The number of hydrogen-bond donors (Lipinski definition) is 1. The van der Waals surface area contributed by atoms with Crippen molar-refractivity contribution >= 4 is 44.8 Å². The first kappa shape index (κ1) is 15.8. The molecule has 0 saturated heterocycles. The fraction of sp³-hybridized carbons (Fsp3) is 0.333. The highest BCUT2D eigenvalue weighted by molar-refractivity contribution is 7.20. The third kappa shape index (κ3) is 3.54. The Morgan fingerprint density at radius 1 is 1.38 bits per heavy atom. The van der Waals surface area contributed by atoms with Crippen LogP contribution in [0.25, 0.3) is 10.1 Å². The Morgan fingerprint density at radius 2 is 2.10 bits per heavy atom. The number of halogens is 1. The number of hydrogen-bond acceptors (Lipinski definition) is 4. The SMILES string of the molecule is CCOc1cc2sc(C(=O)CC(C)C(=O)O)cc2cc1Cl. The molecule has 2 aromatic rings. The van der Waals surface area contributed by atoms with E-state index in [0.717, 1.165) is 10.1 Å². The lowest BCUT2D eigenvalue weighted by Gasteiger charge is -2.04.